The molecule has 1 aromatic carbocycles. The Morgan fingerprint density at radius 3 is 2.78 bits per heavy atom. The number of methoxy groups -OCH3 is 1. The van der Waals surface area contributed by atoms with E-state index < -0.39 is 0 Å². The second kappa shape index (κ2) is 8.37. The molecule has 2 aliphatic heterocycles. The number of hydrogen-bond donors (Lipinski definition) is 0. The fraction of sp³-hybridized carbons (Fsp3) is 0.476. The first-order valence-electron chi connectivity index (χ1n) is 9.41. The predicted molar refractivity (Wildman–Crippen MR) is 101 cm³/mol. The highest BCUT2D eigenvalue weighted by molar-refractivity contribution is 5.88. The Bertz CT molecular complexity index is 745. The van der Waals surface area contributed by atoms with E-state index in [1.54, 1.807) is 4.90 Å². The van der Waals surface area contributed by atoms with Crippen LogP contribution < -0.4 is 0 Å². The molecule has 1 aromatic rings. The van der Waals surface area contributed by atoms with Crippen molar-refractivity contribution >= 4 is 17.8 Å². The van der Waals surface area contributed by atoms with Crippen molar-refractivity contribution in [2.24, 2.45) is 5.92 Å². The molecule has 1 fully saturated rings. The van der Waals surface area contributed by atoms with E-state index in [4.69, 9.17) is 4.74 Å². The van der Waals surface area contributed by atoms with Gasteiger partial charge in [-0.3, -0.25) is 14.4 Å². The summed E-state index contributed by atoms with van der Waals surface area (Å²) < 4.78 is 4.86. The maximum atomic E-state index is 13.3. The van der Waals surface area contributed by atoms with E-state index in [2.05, 4.69) is 6.58 Å². The first kappa shape index (κ1) is 19.1. The maximum absolute atomic E-state index is 13.3. The van der Waals surface area contributed by atoms with Crippen LogP contribution in [0.25, 0.3) is 0 Å². The average Bonchev–Trinajstić information content (AvgIpc) is 2.72. The van der Waals surface area contributed by atoms with Crippen LogP contribution in [0.15, 0.2) is 36.9 Å². The zero-order chi connectivity index (χ0) is 19.4. The van der Waals surface area contributed by atoms with E-state index in [1.165, 1.54) is 18.7 Å². The fourth-order valence-electron chi connectivity index (χ4n) is 4.12. The smallest absolute Gasteiger partial charge is 0.307 e. The third-order valence-electron chi connectivity index (χ3n) is 5.54. The van der Waals surface area contributed by atoms with Crippen LogP contribution in [0.3, 0.4) is 0 Å². The zero-order valence-electron chi connectivity index (χ0n) is 15.7. The third kappa shape index (κ3) is 4.04. The Morgan fingerprint density at radius 1 is 1.26 bits per heavy atom. The molecule has 2 atom stereocenters. The molecule has 0 aromatic heterocycles. The Labute approximate surface area is 159 Å². The molecule has 0 N–H and O–H groups in total. The maximum Gasteiger partial charge on any atom is 0.307 e. The fourth-order valence-corrected chi connectivity index (χ4v) is 4.12. The van der Waals surface area contributed by atoms with E-state index in [-0.39, 0.29) is 36.2 Å². The van der Waals surface area contributed by atoms with Crippen LogP contribution >= 0.6 is 0 Å². The van der Waals surface area contributed by atoms with Crippen LogP contribution in [-0.4, -0.2) is 54.3 Å². The van der Waals surface area contributed by atoms with Gasteiger partial charge in [-0.05, 0) is 36.5 Å². The highest BCUT2D eigenvalue weighted by atomic mass is 16.5. The Balaban J connectivity index is 1.82. The standard InChI is InChI=1S/C21H26N2O4/c1-3-19(24)22-11-6-8-16(14-22)21(26)23-12-10-15-7-4-5-9-17(15)18(23)13-20(25)27-2/h3-5,7,9,16,18H,1,6,8,10-14H2,2H3/t16?,18-/m1/s1. The number of amides is 2. The van der Waals surface area contributed by atoms with Gasteiger partial charge in [-0.25, -0.2) is 0 Å². The largest absolute Gasteiger partial charge is 0.469 e. The second-order valence-electron chi connectivity index (χ2n) is 7.10. The summed E-state index contributed by atoms with van der Waals surface area (Å²) >= 11 is 0. The summed E-state index contributed by atoms with van der Waals surface area (Å²) in [6.45, 7) is 5.17. The number of fused-ring (bicyclic) bond motifs is 1. The van der Waals surface area contributed by atoms with Crippen LogP contribution in [0.1, 0.15) is 36.4 Å². The molecule has 27 heavy (non-hydrogen) atoms. The Hall–Kier alpha value is -2.63. The number of hydrogen-bond acceptors (Lipinski definition) is 4. The average molecular weight is 370 g/mol. The molecule has 1 saturated heterocycles. The van der Waals surface area contributed by atoms with Gasteiger partial charge in [-0.1, -0.05) is 30.8 Å². The molecule has 2 heterocycles. The van der Waals surface area contributed by atoms with Crippen LogP contribution in [0.2, 0.25) is 0 Å². The molecule has 2 amide bonds. The van der Waals surface area contributed by atoms with E-state index in [0.29, 0.717) is 19.6 Å². The van der Waals surface area contributed by atoms with Gasteiger partial charge in [0.15, 0.2) is 0 Å². The second-order valence-corrected chi connectivity index (χ2v) is 7.10. The summed E-state index contributed by atoms with van der Waals surface area (Å²) in [5.41, 5.74) is 2.18. The number of esters is 1. The van der Waals surface area contributed by atoms with Crippen LogP contribution in [-0.2, 0) is 25.5 Å². The van der Waals surface area contributed by atoms with Gasteiger partial charge in [-0.2, -0.15) is 0 Å². The minimum atomic E-state index is -0.332. The quantitative estimate of drug-likeness (QED) is 0.601. The summed E-state index contributed by atoms with van der Waals surface area (Å²) in [4.78, 5) is 40.7. The number of rotatable bonds is 4. The number of benzene rings is 1. The minimum absolute atomic E-state index is 0.0139. The van der Waals surface area contributed by atoms with Gasteiger partial charge in [0.1, 0.15) is 0 Å². The SMILES string of the molecule is C=CC(=O)N1CCCC(C(=O)N2CCc3ccccc3[C@H]2CC(=O)OC)C1. The van der Waals surface area contributed by atoms with Crippen LogP contribution in [0.4, 0.5) is 0 Å². The summed E-state index contributed by atoms with van der Waals surface area (Å²) in [5, 5.41) is 0. The highest BCUT2D eigenvalue weighted by Crippen LogP contribution is 2.34. The van der Waals surface area contributed by atoms with Crippen molar-refractivity contribution in [1.82, 2.24) is 9.80 Å². The lowest BCUT2D eigenvalue weighted by atomic mass is 9.88. The number of nitrogens with zero attached hydrogens (tertiary/aromatic N) is 2. The molecule has 144 valence electrons. The number of carbonyl (C=O) groups excluding carboxylic acids is 3. The summed E-state index contributed by atoms with van der Waals surface area (Å²) in [5.74, 6) is -0.697. The summed E-state index contributed by atoms with van der Waals surface area (Å²) in [6.07, 6.45) is 3.75. The van der Waals surface area contributed by atoms with Gasteiger partial charge in [0.05, 0.1) is 25.5 Å². The molecule has 0 bridgehead atoms. The molecule has 1 unspecified atom stereocenters. The van der Waals surface area contributed by atoms with Crippen molar-refractivity contribution in [2.45, 2.75) is 31.7 Å². The lowest BCUT2D eigenvalue weighted by Crippen LogP contribution is -2.49. The lowest BCUT2D eigenvalue weighted by Gasteiger charge is -2.41. The molecule has 2 aliphatic rings. The molecule has 6 nitrogen and oxygen atoms in total. The Morgan fingerprint density at radius 2 is 2.04 bits per heavy atom. The van der Waals surface area contributed by atoms with Crippen molar-refractivity contribution in [3.05, 3.63) is 48.0 Å². The Kier molecular flexibility index (Phi) is 5.94. The molecule has 0 saturated carbocycles. The minimum Gasteiger partial charge on any atom is -0.469 e. The van der Waals surface area contributed by atoms with Crippen molar-refractivity contribution in [3.8, 4) is 0 Å². The first-order chi connectivity index (χ1) is 13.0. The van der Waals surface area contributed by atoms with Gasteiger partial charge >= 0.3 is 5.97 Å². The summed E-state index contributed by atoms with van der Waals surface area (Å²) in [6, 6.07) is 7.62. The molecular formula is C21H26N2O4. The van der Waals surface area contributed by atoms with Crippen LogP contribution in [0.5, 0.6) is 0 Å². The number of ether oxygens (including phenoxy) is 1. The number of likely N-dealkylation sites (tertiary alicyclic amines) is 1. The topological polar surface area (TPSA) is 66.9 Å². The monoisotopic (exact) mass is 370 g/mol. The molecule has 0 aliphatic carbocycles. The lowest BCUT2D eigenvalue weighted by molar-refractivity contribution is -0.146. The van der Waals surface area contributed by atoms with Crippen LogP contribution in [0, 0.1) is 5.92 Å². The summed E-state index contributed by atoms with van der Waals surface area (Å²) in [7, 11) is 1.36. The van der Waals surface area contributed by atoms with E-state index in [0.717, 1.165) is 24.8 Å². The van der Waals surface area contributed by atoms with Gasteiger partial charge in [0.2, 0.25) is 11.8 Å². The van der Waals surface area contributed by atoms with Gasteiger partial charge < -0.3 is 14.5 Å². The van der Waals surface area contributed by atoms with Crippen molar-refractivity contribution in [2.75, 3.05) is 26.7 Å². The van der Waals surface area contributed by atoms with Gasteiger partial charge in [0.25, 0.3) is 0 Å². The van der Waals surface area contributed by atoms with E-state index >= 15 is 0 Å². The molecule has 0 radical (unpaired) electrons. The van der Waals surface area contributed by atoms with Crippen molar-refractivity contribution < 1.29 is 19.1 Å². The van der Waals surface area contributed by atoms with E-state index in [9.17, 15) is 14.4 Å². The van der Waals surface area contributed by atoms with Crippen molar-refractivity contribution in [1.29, 1.82) is 0 Å². The number of piperidine rings is 1. The highest BCUT2D eigenvalue weighted by Gasteiger charge is 2.37. The van der Waals surface area contributed by atoms with Gasteiger partial charge in [0, 0.05) is 19.6 Å². The number of carbonyl (C=O) groups is 3. The van der Waals surface area contributed by atoms with Gasteiger partial charge in [-0.15, -0.1) is 0 Å². The van der Waals surface area contributed by atoms with E-state index in [1.807, 2.05) is 29.2 Å². The normalized spacial score (nSPS) is 22.0. The molecule has 3 rings (SSSR count). The predicted octanol–water partition coefficient (Wildman–Crippen LogP) is 2.10. The van der Waals surface area contributed by atoms with Crippen molar-refractivity contribution in [3.63, 3.8) is 0 Å². The zero-order valence-corrected chi connectivity index (χ0v) is 15.7. The molecule has 6 heteroatoms. The molecular weight excluding hydrogens is 344 g/mol. The third-order valence-corrected chi connectivity index (χ3v) is 5.54. The first-order valence-corrected chi connectivity index (χ1v) is 9.41. The molecule has 0 spiro atoms.